The molecule has 22 heavy (non-hydrogen) atoms. The molecule has 2 aromatic carbocycles. The van der Waals surface area contributed by atoms with Crippen molar-refractivity contribution < 1.29 is 18.7 Å². The Kier molecular flexibility index (Phi) is 5.27. The fraction of sp³-hybridized carbons (Fsp3) is 0.125. The number of ether oxygens (including phenoxy) is 1. The Morgan fingerprint density at radius 1 is 1.23 bits per heavy atom. The summed E-state index contributed by atoms with van der Waals surface area (Å²) in [7, 11) is 0. The number of carbonyl (C=O) groups excluding carboxylic acids is 2. The largest absolute Gasteiger partial charge is 0.452 e. The van der Waals surface area contributed by atoms with Crippen LogP contribution in [0.1, 0.15) is 15.9 Å². The first kappa shape index (κ1) is 16.2. The van der Waals surface area contributed by atoms with Gasteiger partial charge in [-0.15, -0.1) is 0 Å². The molecule has 0 fully saturated rings. The first-order valence-corrected chi connectivity index (χ1v) is 7.23. The smallest absolute Gasteiger partial charge is 0.338 e. The van der Waals surface area contributed by atoms with E-state index in [0.29, 0.717) is 5.56 Å². The molecule has 0 heterocycles. The summed E-state index contributed by atoms with van der Waals surface area (Å²) in [6, 6.07) is 11.0. The molecule has 0 bridgehead atoms. The van der Waals surface area contributed by atoms with Crippen molar-refractivity contribution in [3.8, 4) is 0 Å². The van der Waals surface area contributed by atoms with Crippen molar-refractivity contribution in [3.05, 3.63) is 63.9 Å². The summed E-state index contributed by atoms with van der Waals surface area (Å²) in [5.41, 5.74) is 1.12. The number of hydrogen-bond acceptors (Lipinski definition) is 3. The fourth-order valence-corrected chi connectivity index (χ4v) is 2.14. The van der Waals surface area contributed by atoms with E-state index >= 15 is 0 Å². The van der Waals surface area contributed by atoms with Crippen LogP contribution in [0.4, 0.5) is 10.1 Å². The maximum Gasteiger partial charge on any atom is 0.338 e. The predicted molar refractivity (Wildman–Crippen MR) is 84.2 cm³/mol. The average molecular weight is 366 g/mol. The lowest BCUT2D eigenvalue weighted by Crippen LogP contribution is -2.21. The van der Waals surface area contributed by atoms with Crippen LogP contribution in [0.5, 0.6) is 0 Å². The second-order valence-electron chi connectivity index (χ2n) is 4.62. The normalized spacial score (nSPS) is 10.1. The summed E-state index contributed by atoms with van der Waals surface area (Å²) in [5.74, 6) is -1.77. The minimum absolute atomic E-state index is 0.0501. The Morgan fingerprint density at radius 3 is 2.68 bits per heavy atom. The Bertz CT molecular complexity index is 718. The molecule has 114 valence electrons. The highest BCUT2D eigenvalue weighted by molar-refractivity contribution is 9.10. The third-order valence-corrected chi connectivity index (χ3v) is 3.29. The first-order chi connectivity index (χ1) is 10.5. The van der Waals surface area contributed by atoms with Crippen LogP contribution in [0.2, 0.25) is 0 Å². The van der Waals surface area contributed by atoms with E-state index in [9.17, 15) is 14.0 Å². The highest BCUT2D eigenvalue weighted by Gasteiger charge is 2.12. The molecule has 0 aromatic heterocycles. The van der Waals surface area contributed by atoms with Crippen molar-refractivity contribution in [1.29, 1.82) is 0 Å². The molecule has 0 radical (unpaired) electrons. The standard InChI is InChI=1S/C16H13BrFNO3/c1-10-5-6-14(13(18)7-10)19-15(20)9-22-16(21)11-3-2-4-12(17)8-11/h2-8H,9H2,1H3,(H,19,20). The van der Waals surface area contributed by atoms with Crippen LogP contribution in [0, 0.1) is 12.7 Å². The summed E-state index contributed by atoms with van der Waals surface area (Å²) in [5, 5.41) is 2.36. The Labute approximate surface area is 135 Å². The molecule has 1 N–H and O–H groups in total. The molecular weight excluding hydrogens is 353 g/mol. The van der Waals surface area contributed by atoms with Crippen molar-refractivity contribution >= 4 is 33.5 Å². The van der Waals surface area contributed by atoms with Crippen molar-refractivity contribution in [1.82, 2.24) is 0 Å². The lowest BCUT2D eigenvalue weighted by Gasteiger charge is -2.08. The van der Waals surface area contributed by atoms with Gasteiger partial charge in [-0.2, -0.15) is 0 Å². The molecule has 0 aliphatic carbocycles. The van der Waals surface area contributed by atoms with E-state index in [1.54, 1.807) is 37.3 Å². The zero-order valence-corrected chi connectivity index (χ0v) is 13.3. The van der Waals surface area contributed by atoms with Crippen LogP contribution in [-0.4, -0.2) is 18.5 Å². The number of carbonyl (C=O) groups is 2. The number of aryl methyl sites for hydroxylation is 1. The number of rotatable bonds is 4. The number of benzene rings is 2. The molecule has 1 amide bonds. The van der Waals surface area contributed by atoms with E-state index in [1.165, 1.54) is 12.1 Å². The van der Waals surface area contributed by atoms with Crippen molar-refractivity contribution in [2.24, 2.45) is 0 Å². The number of halogens is 2. The predicted octanol–water partition coefficient (Wildman–Crippen LogP) is 3.69. The third kappa shape index (κ3) is 4.39. The molecule has 4 nitrogen and oxygen atoms in total. The lowest BCUT2D eigenvalue weighted by molar-refractivity contribution is -0.119. The van der Waals surface area contributed by atoms with Gasteiger partial charge in [-0.3, -0.25) is 4.79 Å². The van der Waals surface area contributed by atoms with Gasteiger partial charge in [0.25, 0.3) is 5.91 Å². The monoisotopic (exact) mass is 365 g/mol. The lowest BCUT2D eigenvalue weighted by atomic mass is 10.2. The van der Waals surface area contributed by atoms with Gasteiger partial charge in [0.05, 0.1) is 11.3 Å². The Morgan fingerprint density at radius 2 is 2.00 bits per heavy atom. The summed E-state index contributed by atoms with van der Waals surface area (Å²) in [6.45, 7) is 1.26. The second-order valence-corrected chi connectivity index (χ2v) is 5.53. The van der Waals surface area contributed by atoms with Gasteiger partial charge in [-0.25, -0.2) is 9.18 Å². The number of nitrogens with one attached hydrogen (secondary N) is 1. The molecule has 6 heteroatoms. The van der Waals surface area contributed by atoms with Crippen LogP contribution in [0.15, 0.2) is 46.9 Å². The third-order valence-electron chi connectivity index (χ3n) is 2.79. The first-order valence-electron chi connectivity index (χ1n) is 6.44. The summed E-state index contributed by atoms with van der Waals surface area (Å²) < 4.78 is 19.2. The molecule has 2 rings (SSSR count). The van der Waals surface area contributed by atoms with Gasteiger partial charge in [0, 0.05) is 4.47 Å². The maximum absolute atomic E-state index is 13.6. The van der Waals surface area contributed by atoms with Crippen LogP contribution in [0.3, 0.4) is 0 Å². The van der Waals surface area contributed by atoms with Gasteiger partial charge in [0.2, 0.25) is 0 Å². The van der Waals surface area contributed by atoms with E-state index in [4.69, 9.17) is 4.74 Å². The van der Waals surface area contributed by atoms with E-state index in [1.807, 2.05) is 0 Å². The number of hydrogen-bond donors (Lipinski definition) is 1. The highest BCUT2D eigenvalue weighted by atomic mass is 79.9. The SMILES string of the molecule is Cc1ccc(NC(=O)COC(=O)c2cccc(Br)c2)c(F)c1. The van der Waals surface area contributed by atoms with Gasteiger partial charge < -0.3 is 10.1 Å². The molecular formula is C16H13BrFNO3. The van der Waals surface area contributed by atoms with Gasteiger partial charge in [0.1, 0.15) is 5.82 Å². The van der Waals surface area contributed by atoms with E-state index in [0.717, 1.165) is 10.0 Å². The molecule has 0 saturated carbocycles. The second kappa shape index (κ2) is 7.17. The Balaban J connectivity index is 1.91. The topological polar surface area (TPSA) is 55.4 Å². The number of amides is 1. The molecule has 0 spiro atoms. The summed E-state index contributed by atoms with van der Waals surface area (Å²) >= 11 is 3.24. The number of anilines is 1. The molecule has 0 atom stereocenters. The van der Waals surface area contributed by atoms with E-state index in [2.05, 4.69) is 21.2 Å². The molecule has 2 aromatic rings. The van der Waals surface area contributed by atoms with Crippen molar-refractivity contribution in [3.63, 3.8) is 0 Å². The zero-order chi connectivity index (χ0) is 16.1. The van der Waals surface area contributed by atoms with E-state index in [-0.39, 0.29) is 5.69 Å². The van der Waals surface area contributed by atoms with Crippen molar-refractivity contribution in [2.45, 2.75) is 6.92 Å². The van der Waals surface area contributed by atoms with Gasteiger partial charge in [-0.1, -0.05) is 28.1 Å². The average Bonchev–Trinajstić information content (AvgIpc) is 2.47. The molecule has 0 unspecified atom stereocenters. The minimum atomic E-state index is -0.624. The van der Waals surface area contributed by atoms with Gasteiger partial charge >= 0.3 is 5.97 Å². The quantitative estimate of drug-likeness (QED) is 0.840. The Hall–Kier alpha value is -2.21. The van der Waals surface area contributed by atoms with Gasteiger partial charge in [-0.05, 0) is 42.8 Å². The summed E-state index contributed by atoms with van der Waals surface area (Å²) in [4.78, 5) is 23.5. The molecule has 0 aliphatic heterocycles. The van der Waals surface area contributed by atoms with Crippen LogP contribution in [0.25, 0.3) is 0 Å². The van der Waals surface area contributed by atoms with Crippen LogP contribution in [-0.2, 0) is 9.53 Å². The highest BCUT2D eigenvalue weighted by Crippen LogP contribution is 2.15. The minimum Gasteiger partial charge on any atom is -0.452 e. The number of esters is 1. The fourth-order valence-electron chi connectivity index (χ4n) is 1.74. The summed E-state index contributed by atoms with van der Waals surface area (Å²) in [6.07, 6.45) is 0. The molecule has 0 aliphatic rings. The molecule has 0 saturated heterocycles. The zero-order valence-electron chi connectivity index (χ0n) is 11.7. The van der Waals surface area contributed by atoms with Crippen LogP contribution < -0.4 is 5.32 Å². The van der Waals surface area contributed by atoms with Gasteiger partial charge in [0.15, 0.2) is 6.61 Å². The van der Waals surface area contributed by atoms with Crippen molar-refractivity contribution in [2.75, 3.05) is 11.9 Å². The van der Waals surface area contributed by atoms with Crippen LogP contribution >= 0.6 is 15.9 Å². The maximum atomic E-state index is 13.6. The van der Waals surface area contributed by atoms with E-state index < -0.39 is 24.3 Å².